The highest BCUT2D eigenvalue weighted by Gasteiger charge is 2.29. The lowest BCUT2D eigenvalue weighted by Crippen LogP contribution is -2.35. The second kappa shape index (κ2) is 4.03. The zero-order valence-corrected chi connectivity index (χ0v) is 7.27. The molecule has 1 rings (SSSR count). The molecule has 0 spiro atoms. The van der Waals surface area contributed by atoms with E-state index in [1.807, 2.05) is 13.0 Å². The zero-order valence-electron chi connectivity index (χ0n) is 7.27. The van der Waals surface area contributed by atoms with Gasteiger partial charge in [-0.15, -0.1) is 0 Å². The van der Waals surface area contributed by atoms with Crippen molar-refractivity contribution in [1.29, 1.82) is 0 Å². The van der Waals surface area contributed by atoms with E-state index in [4.69, 9.17) is 10.2 Å². The van der Waals surface area contributed by atoms with Crippen LogP contribution in [0.2, 0.25) is 0 Å². The summed E-state index contributed by atoms with van der Waals surface area (Å²) in [7, 11) is 0. The van der Waals surface area contributed by atoms with Gasteiger partial charge in [-0.2, -0.15) is 0 Å². The quantitative estimate of drug-likeness (QED) is 0.510. The third-order valence-corrected chi connectivity index (χ3v) is 2.45. The van der Waals surface area contributed by atoms with Gasteiger partial charge in [-0.3, -0.25) is 0 Å². The molecule has 1 aliphatic carbocycles. The molecule has 0 saturated carbocycles. The molecule has 0 aromatic heterocycles. The van der Waals surface area contributed by atoms with Crippen LogP contribution in [0.1, 0.15) is 13.3 Å². The fraction of sp³-hybridized carbons (Fsp3) is 0.778. The van der Waals surface area contributed by atoms with Gasteiger partial charge in [-0.05, 0) is 13.3 Å². The molecule has 3 atom stereocenters. The molecule has 0 aromatic rings. The second-order valence-electron chi connectivity index (χ2n) is 3.50. The molecule has 0 aliphatic heterocycles. The summed E-state index contributed by atoms with van der Waals surface area (Å²) in [6, 6.07) is 0. The van der Waals surface area contributed by atoms with Crippen LogP contribution < -0.4 is 0 Å². The summed E-state index contributed by atoms with van der Waals surface area (Å²) in [6.07, 6.45) is 2.02. The van der Waals surface area contributed by atoms with Crippen molar-refractivity contribution in [2.75, 3.05) is 13.2 Å². The van der Waals surface area contributed by atoms with Gasteiger partial charge in [0.15, 0.2) is 0 Å². The van der Waals surface area contributed by atoms with Crippen LogP contribution in [0.4, 0.5) is 0 Å². The van der Waals surface area contributed by atoms with Crippen LogP contribution >= 0.6 is 0 Å². The lowest BCUT2D eigenvalue weighted by atomic mass is 9.81. The van der Waals surface area contributed by atoms with E-state index in [9.17, 15) is 5.11 Å². The van der Waals surface area contributed by atoms with Crippen molar-refractivity contribution in [3.63, 3.8) is 0 Å². The Bertz CT molecular complexity index is 177. The normalized spacial score (nSPS) is 36.3. The molecule has 3 nitrogen and oxygen atoms in total. The van der Waals surface area contributed by atoms with E-state index in [1.54, 1.807) is 0 Å². The minimum Gasteiger partial charge on any atom is -0.396 e. The van der Waals surface area contributed by atoms with Gasteiger partial charge in [-0.25, -0.2) is 0 Å². The summed E-state index contributed by atoms with van der Waals surface area (Å²) in [5, 5.41) is 27.4. The van der Waals surface area contributed by atoms with E-state index in [1.165, 1.54) is 0 Å². The molecular formula is C9H16O3. The van der Waals surface area contributed by atoms with Gasteiger partial charge in [0.2, 0.25) is 0 Å². The summed E-state index contributed by atoms with van der Waals surface area (Å²) in [5.74, 6) is -0.303. The second-order valence-corrected chi connectivity index (χ2v) is 3.50. The molecule has 3 heteroatoms. The highest BCUT2D eigenvalue weighted by molar-refractivity contribution is 5.10. The first-order valence-electron chi connectivity index (χ1n) is 4.26. The van der Waals surface area contributed by atoms with Crippen molar-refractivity contribution in [1.82, 2.24) is 0 Å². The van der Waals surface area contributed by atoms with Crippen LogP contribution in [-0.4, -0.2) is 34.6 Å². The van der Waals surface area contributed by atoms with Crippen LogP contribution in [0, 0.1) is 11.8 Å². The van der Waals surface area contributed by atoms with Crippen LogP contribution in [0.25, 0.3) is 0 Å². The fourth-order valence-corrected chi connectivity index (χ4v) is 1.75. The smallest absolute Gasteiger partial charge is 0.0678 e. The maximum Gasteiger partial charge on any atom is 0.0678 e. The molecule has 0 fully saturated rings. The topological polar surface area (TPSA) is 60.7 Å². The SMILES string of the molecule is CC1=CC(CO)C(O)C(CO)C1. The third-order valence-electron chi connectivity index (χ3n) is 2.45. The van der Waals surface area contributed by atoms with Crippen molar-refractivity contribution in [3.05, 3.63) is 11.6 Å². The van der Waals surface area contributed by atoms with Gasteiger partial charge in [-0.1, -0.05) is 11.6 Å². The minimum absolute atomic E-state index is 0.0111. The first kappa shape index (κ1) is 9.71. The highest BCUT2D eigenvalue weighted by Crippen LogP contribution is 2.27. The van der Waals surface area contributed by atoms with Crippen molar-refractivity contribution >= 4 is 0 Å². The molecule has 3 unspecified atom stereocenters. The Kier molecular flexibility index (Phi) is 3.26. The molecule has 0 amide bonds. The predicted octanol–water partition coefficient (Wildman–Crippen LogP) is -0.0857. The van der Waals surface area contributed by atoms with E-state index in [0.717, 1.165) is 12.0 Å². The van der Waals surface area contributed by atoms with E-state index in [0.29, 0.717) is 0 Å². The van der Waals surface area contributed by atoms with E-state index >= 15 is 0 Å². The van der Waals surface area contributed by atoms with Crippen LogP contribution in [-0.2, 0) is 0 Å². The maximum absolute atomic E-state index is 9.58. The first-order chi connectivity index (χ1) is 5.69. The van der Waals surface area contributed by atoms with E-state index in [2.05, 4.69) is 0 Å². The Morgan fingerprint density at radius 2 is 2.08 bits per heavy atom. The van der Waals surface area contributed by atoms with E-state index < -0.39 is 6.10 Å². The minimum atomic E-state index is -0.594. The molecule has 0 bridgehead atoms. The Morgan fingerprint density at radius 1 is 1.42 bits per heavy atom. The Morgan fingerprint density at radius 3 is 2.58 bits per heavy atom. The number of aliphatic hydroxyl groups excluding tert-OH is 3. The molecule has 70 valence electrons. The Hall–Kier alpha value is -0.380. The van der Waals surface area contributed by atoms with Gasteiger partial charge in [0.1, 0.15) is 0 Å². The standard InChI is InChI=1S/C9H16O3/c1-6-2-7(4-10)9(12)8(3-6)5-11/h2,7-12H,3-5H2,1H3. The van der Waals surface area contributed by atoms with Gasteiger partial charge in [0.25, 0.3) is 0 Å². The molecular weight excluding hydrogens is 156 g/mol. The van der Waals surface area contributed by atoms with Gasteiger partial charge in [0.05, 0.1) is 12.7 Å². The molecule has 0 heterocycles. The van der Waals surface area contributed by atoms with Crippen LogP contribution in [0.5, 0.6) is 0 Å². The molecule has 0 radical (unpaired) electrons. The summed E-state index contributed by atoms with van der Waals surface area (Å²) < 4.78 is 0. The molecule has 1 aliphatic rings. The number of hydrogen-bond donors (Lipinski definition) is 3. The highest BCUT2D eigenvalue weighted by atomic mass is 16.3. The number of allylic oxidation sites excluding steroid dienone is 1. The summed E-state index contributed by atoms with van der Waals surface area (Å²) in [5.41, 5.74) is 1.14. The average Bonchev–Trinajstić information content (AvgIpc) is 2.08. The largest absolute Gasteiger partial charge is 0.396 e. The number of aliphatic hydroxyl groups is 3. The monoisotopic (exact) mass is 172 g/mol. The molecule has 0 aromatic carbocycles. The van der Waals surface area contributed by atoms with Crippen molar-refractivity contribution in [2.24, 2.45) is 11.8 Å². The van der Waals surface area contributed by atoms with Gasteiger partial charge >= 0.3 is 0 Å². The zero-order chi connectivity index (χ0) is 9.14. The molecule has 3 N–H and O–H groups in total. The molecule has 12 heavy (non-hydrogen) atoms. The molecule has 0 saturated heterocycles. The van der Waals surface area contributed by atoms with Gasteiger partial charge < -0.3 is 15.3 Å². The summed E-state index contributed by atoms with van der Waals surface area (Å²) >= 11 is 0. The fourth-order valence-electron chi connectivity index (χ4n) is 1.75. The van der Waals surface area contributed by atoms with E-state index in [-0.39, 0.29) is 25.0 Å². The van der Waals surface area contributed by atoms with Gasteiger partial charge in [0, 0.05) is 18.4 Å². The maximum atomic E-state index is 9.58. The summed E-state index contributed by atoms with van der Waals surface area (Å²) in [4.78, 5) is 0. The number of rotatable bonds is 2. The lowest BCUT2D eigenvalue weighted by Gasteiger charge is -2.30. The van der Waals surface area contributed by atoms with Crippen molar-refractivity contribution < 1.29 is 15.3 Å². The average molecular weight is 172 g/mol. The number of hydrogen-bond acceptors (Lipinski definition) is 3. The van der Waals surface area contributed by atoms with Crippen LogP contribution in [0.3, 0.4) is 0 Å². The predicted molar refractivity (Wildman–Crippen MR) is 45.5 cm³/mol. The first-order valence-corrected chi connectivity index (χ1v) is 4.26. The summed E-state index contributed by atoms with van der Waals surface area (Å²) in [6.45, 7) is 1.90. The van der Waals surface area contributed by atoms with Crippen LogP contribution in [0.15, 0.2) is 11.6 Å². The van der Waals surface area contributed by atoms with Crippen molar-refractivity contribution in [2.45, 2.75) is 19.4 Å². The Labute approximate surface area is 72.3 Å². The Balaban J connectivity index is 2.70. The lowest BCUT2D eigenvalue weighted by molar-refractivity contribution is 0.0119. The van der Waals surface area contributed by atoms with Crippen molar-refractivity contribution in [3.8, 4) is 0 Å². The third kappa shape index (κ3) is 1.86.